The molecule has 0 radical (unpaired) electrons. The van der Waals surface area contributed by atoms with E-state index >= 15 is 0 Å². The third-order valence-corrected chi connectivity index (χ3v) is 3.72. The fraction of sp³-hybridized carbons (Fsp3) is 0.571. The average Bonchev–Trinajstić information content (AvgIpc) is 2.38. The molecule has 1 aliphatic rings. The molecule has 0 spiro atoms. The summed E-state index contributed by atoms with van der Waals surface area (Å²) >= 11 is 6.12. The summed E-state index contributed by atoms with van der Waals surface area (Å²) in [6.45, 7) is 3.40. The second-order valence-electron chi connectivity index (χ2n) is 4.67. The zero-order valence-electron chi connectivity index (χ0n) is 10.2. The Bertz CT molecular complexity index is 335. The van der Waals surface area contributed by atoms with Crippen LogP contribution in [0.1, 0.15) is 24.8 Å². The number of benzene rings is 1. The Morgan fingerprint density at radius 1 is 1.24 bits per heavy atom. The van der Waals surface area contributed by atoms with E-state index in [1.165, 1.54) is 18.4 Å². The van der Waals surface area contributed by atoms with Crippen molar-refractivity contribution in [2.45, 2.75) is 31.7 Å². The molecule has 1 aromatic carbocycles. The monoisotopic (exact) mass is 252 g/mol. The van der Waals surface area contributed by atoms with Gasteiger partial charge in [-0.1, -0.05) is 29.8 Å². The predicted molar refractivity (Wildman–Crippen MR) is 73.7 cm³/mol. The molecule has 0 atom stereocenters. The molecule has 1 aromatic rings. The molecule has 17 heavy (non-hydrogen) atoms. The van der Waals surface area contributed by atoms with Gasteiger partial charge >= 0.3 is 0 Å². The van der Waals surface area contributed by atoms with Gasteiger partial charge in [0.25, 0.3) is 0 Å². The van der Waals surface area contributed by atoms with Gasteiger partial charge in [0, 0.05) is 11.1 Å². The molecule has 2 rings (SSSR count). The number of hydrogen-bond donors (Lipinski definition) is 2. The predicted octanol–water partition coefficient (Wildman–Crippen LogP) is 2.61. The largest absolute Gasteiger partial charge is 0.317 e. The van der Waals surface area contributed by atoms with Crippen LogP contribution in [0.4, 0.5) is 0 Å². The molecule has 0 aromatic heterocycles. The number of aryl methyl sites for hydroxylation is 1. The van der Waals surface area contributed by atoms with Crippen LogP contribution in [0.2, 0.25) is 5.02 Å². The van der Waals surface area contributed by atoms with Crippen LogP contribution in [0.5, 0.6) is 0 Å². The average molecular weight is 253 g/mol. The molecule has 0 bridgehead atoms. The van der Waals surface area contributed by atoms with Crippen LogP contribution in [0.25, 0.3) is 0 Å². The maximum absolute atomic E-state index is 6.12. The highest BCUT2D eigenvalue weighted by Crippen LogP contribution is 2.16. The van der Waals surface area contributed by atoms with E-state index in [0.29, 0.717) is 6.04 Å². The van der Waals surface area contributed by atoms with E-state index in [4.69, 9.17) is 11.6 Å². The number of hydrogen-bond acceptors (Lipinski definition) is 2. The van der Waals surface area contributed by atoms with Crippen molar-refractivity contribution in [2.75, 3.05) is 19.6 Å². The number of halogens is 1. The van der Waals surface area contributed by atoms with Crippen molar-refractivity contribution in [3.63, 3.8) is 0 Å². The number of nitrogens with one attached hydrogen (secondary N) is 2. The van der Waals surface area contributed by atoms with Gasteiger partial charge in [0.15, 0.2) is 0 Å². The number of rotatable bonds is 5. The minimum atomic E-state index is 0.711. The van der Waals surface area contributed by atoms with Crippen LogP contribution in [0.15, 0.2) is 24.3 Å². The summed E-state index contributed by atoms with van der Waals surface area (Å²) in [4.78, 5) is 0. The van der Waals surface area contributed by atoms with Crippen molar-refractivity contribution < 1.29 is 0 Å². The van der Waals surface area contributed by atoms with Gasteiger partial charge in [-0.3, -0.25) is 0 Å². The van der Waals surface area contributed by atoms with E-state index in [1.807, 2.05) is 12.1 Å². The lowest BCUT2D eigenvalue weighted by Crippen LogP contribution is -2.40. The smallest absolute Gasteiger partial charge is 0.0437 e. The summed E-state index contributed by atoms with van der Waals surface area (Å²) in [5, 5.41) is 7.91. The molecule has 0 amide bonds. The molecule has 0 aliphatic carbocycles. The fourth-order valence-corrected chi connectivity index (χ4v) is 2.54. The molecule has 1 fully saturated rings. The third kappa shape index (κ3) is 4.30. The lowest BCUT2D eigenvalue weighted by molar-refractivity contribution is 0.386. The SMILES string of the molecule is Clc1ccccc1CCCNC1CCNCC1. The first kappa shape index (κ1) is 12.9. The normalized spacial score (nSPS) is 17.2. The zero-order chi connectivity index (χ0) is 11.9. The molecule has 2 nitrogen and oxygen atoms in total. The van der Waals surface area contributed by atoms with Crippen LogP contribution in [-0.4, -0.2) is 25.7 Å². The summed E-state index contributed by atoms with van der Waals surface area (Å²) in [5.41, 5.74) is 1.27. The minimum Gasteiger partial charge on any atom is -0.317 e. The van der Waals surface area contributed by atoms with Gasteiger partial charge < -0.3 is 10.6 Å². The minimum absolute atomic E-state index is 0.711. The molecular formula is C14H21ClN2. The highest BCUT2D eigenvalue weighted by molar-refractivity contribution is 6.31. The molecule has 3 heteroatoms. The number of piperidine rings is 1. The van der Waals surface area contributed by atoms with Crippen LogP contribution in [0, 0.1) is 0 Å². The summed E-state index contributed by atoms with van der Waals surface area (Å²) in [7, 11) is 0. The van der Waals surface area contributed by atoms with Crippen molar-refractivity contribution in [1.29, 1.82) is 0 Å². The van der Waals surface area contributed by atoms with E-state index in [2.05, 4.69) is 22.8 Å². The van der Waals surface area contributed by atoms with Gasteiger partial charge in [-0.2, -0.15) is 0 Å². The van der Waals surface area contributed by atoms with Crippen molar-refractivity contribution in [2.24, 2.45) is 0 Å². The molecule has 1 heterocycles. The van der Waals surface area contributed by atoms with Gasteiger partial charge in [-0.05, 0) is 56.9 Å². The fourth-order valence-electron chi connectivity index (χ4n) is 2.31. The Labute approximate surface area is 109 Å². The quantitative estimate of drug-likeness (QED) is 0.788. The highest BCUT2D eigenvalue weighted by Gasteiger charge is 2.11. The van der Waals surface area contributed by atoms with Crippen LogP contribution >= 0.6 is 11.6 Å². The topological polar surface area (TPSA) is 24.1 Å². The Balaban J connectivity index is 1.64. The molecule has 1 aliphatic heterocycles. The Morgan fingerprint density at radius 2 is 2.00 bits per heavy atom. The van der Waals surface area contributed by atoms with E-state index in [9.17, 15) is 0 Å². The van der Waals surface area contributed by atoms with Gasteiger partial charge in [0.2, 0.25) is 0 Å². The maximum Gasteiger partial charge on any atom is 0.0437 e. The Morgan fingerprint density at radius 3 is 2.76 bits per heavy atom. The Kier molecular flexibility index (Phi) is 5.30. The van der Waals surface area contributed by atoms with E-state index in [0.717, 1.165) is 37.5 Å². The lowest BCUT2D eigenvalue weighted by atomic mass is 10.1. The molecule has 0 saturated carbocycles. The van der Waals surface area contributed by atoms with Crippen molar-refractivity contribution in [3.05, 3.63) is 34.9 Å². The Hall–Kier alpha value is -0.570. The second-order valence-corrected chi connectivity index (χ2v) is 5.08. The maximum atomic E-state index is 6.12. The lowest BCUT2D eigenvalue weighted by Gasteiger charge is -2.23. The highest BCUT2D eigenvalue weighted by atomic mass is 35.5. The molecule has 2 N–H and O–H groups in total. The van der Waals surface area contributed by atoms with Gasteiger partial charge in [0.1, 0.15) is 0 Å². The zero-order valence-corrected chi connectivity index (χ0v) is 11.0. The van der Waals surface area contributed by atoms with Crippen molar-refractivity contribution in [1.82, 2.24) is 10.6 Å². The van der Waals surface area contributed by atoms with E-state index in [-0.39, 0.29) is 0 Å². The van der Waals surface area contributed by atoms with Gasteiger partial charge in [-0.15, -0.1) is 0 Å². The van der Waals surface area contributed by atoms with Crippen molar-refractivity contribution >= 4 is 11.6 Å². The van der Waals surface area contributed by atoms with Gasteiger partial charge in [-0.25, -0.2) is 0 Å². The first-order valence-corrected chi connectivity index (χ1v) is 6.91. The summed E-state index contributed by atoms with van der Waals surface area (Å²) in [6, 6.07) is 8.84. The molecule has 0 unspecified atom stereocenters. The molecule has 1 saturated heterocycles. The van der Waals surface area contributed by atoms with Gasteiger partial charge in [0.05, 0.1) is 0 Å². The summed E-state index contributed by atoms with van der Waals surface area (Å²) in [5.74, 6) is 0. The standard InChI is InChI=1S/C14H21ClN2/c15-14-6-2-1-4-12(14)5-3-9-17-13-7-10-16-11-8-13/h1-2,4,6,13,16-17H,3,5,7-11H2. The van der Waals surface area contributed by atoms with Crippen LogP contribution < -0.4 is 10.6 Å². The summed E-state index contributed by atoms with van der Waals surface area (Å²) in [6.07, 6.45) is 4.74. The first-order valence-electron chi connectivity index (χ1n) is 6.54. The van der Waals surface area contributed by atoms with E-state index < -0.39 is 0 Å². The van der Waals surface area contributed by atoms with Crippen LogP contribution in [-0.2, 0) is 6.42 Å². The first-order chi connectivity index (χ1) is 8.36. The molecule has 94 valence electrons. The van der Waals surface area contributed by atoms with Crippen LogP contribution in [0.3, 0.4) is 0 Å². The molecular weight excluding hydrogens is 232 g/mol. The third-order valence-electron chi connectivity index (χ3n) is 3.35. The second kappa shape index (κ2) is 7.00. The van der Waals surface area contributed by atoms with Crippen molar-refractivity contribution in [3.8, 4) is 0 Å². The summed E-state index contributed by atoms with van der Waals surface area (Å²) < 4.78 is 0. The van der Waals surface area contributed by atoms with E-state index in [1.54, 1.807) is 0 Å².